The highest BCUT2D eigenvalue weighted by molar-refractivity contribution is 14.1. The highest BCUT2D eigenvalue weighted by Gasteiger charge is 2.18. The van der Waals surface area contributed by atoms with Crippen LogP contribution < -0.4 is 15.6 Å². The third-order valence-electron chi connectivity index (χ3n) is 5.20. The van der Waals surface area contributed by atoms with Crippen LogP contribution in [0.25, 0.3) is 5.69 Å². The van der Waals surface area contributed by atoms with Crippen molar-refractivity contribution in [2.24, 2.45) is 0 Å². The lowest BCUT2D eigenvalue weighted by molar-refractivity contribution is 0.247. The van der Waals surface area contributed by atoms with Gasteiger partial charge >= 0.3 is 0 Å². The Morgan fingerprint density at radius 2 is 2.03 bits per heavy atom. The summed E-state index contributed by atoms with van der Waals surface area (Å²) in [4.78, 5) is 17.6. The van der Waals surface area contributed by atoms with E-state index < -0.39 is 6.04 Å². The van der Waals surface area contributed by atoms with E-state index in [1.165, 1.54) is 4.57 Å². The predicted octanol–water partition coefficient (Wildman–Crippen LogP) is 4.93. The molecule has 0 aliphatic carbocycles. The largest absolute Gasteiger partial charge is 0.494 e. The number of hydrogen-bond donors (Lipinski definition) is 2. The van der Waals surface area contributed by atoms with Crippen molar-refractivity contribution < 1.29 is 9.84 Å². The van der Waals surface area contributed by atoms with Crippen LogP contribution in [-0.2, 0) is 0 Å². The van der Waals surface area contributed by atoms with Gasteiger partial charge in [-0.2, -0.15) is 0 Å². The molecule has 0 fully saturated rings. The smallest absolute Gasteiger partial charge is 0.274 e. The summed E-state index contributed by atoms with van der Waals surface area (Å²) in [5, 5.41) is 13.6. The zero-order chi connectivity index (χ0) is 23.5. The Bertz CT molecular complexity index is 1350. The second kappa shape index (κ2) is 9.98. The molecule has 0 radical (unpaired) electrons. The number of nitrogens with one attached hydrogen (secondary N) is 1. The maximum atomic E-state index is 13.3. The molecular formula is C24H22ClIN4O3. The number of nitrogens with zero attached hydrogens (tertiary/aromatic N) is 3. The summed E-state index contributed by atoms with van der Waals surface area (Å²) in [5.41, 5.74) is 3.19. The standard InChI is InChI=1S/C24H22ClIN4O3/c1-15-11-29(14-27-15)21-7-6-19(10-23(21)33-2)28-20-9-17(25)12-30(24(20)32)22(13-31)16-4-3-5-18(26)8-16/h3-12,14,22,28,31H,13H2,1-2H3/t22-/m0/s1. The molecule has 0 saturated carbocycles. The van der Waals surface area contributed by atoms with Crippen molar-refractivity contribution in [2.75, 3.05) is 19.0 Å². The molecule has 33 heavy (non-hydrogen) atoms. The molecular weight excluding hydrogens is 555 g/mol. The first-order valence-corrected chi connectivity index (χ1v) is 11.6. The molecule has 2 aromatic carbocycles. The molecule has 0 unspecified atom stereocenters. The van der Waals surface area contributed by atoms with Crippen molar-refractivity contribution in [3.8, 4) is 11.4 Å². The summed E-state index contributed by atoms with van der Waals surface area (Å²) in [5.74, 6) is 0.617. The van der Waals surface area contributed by atoms with Gasteiger partial charge in [-0.3, -0.25) is 4.79 Å². The maximum Gasteiger partial charge on any atom is 0.274 e. The van der Waals surface area contributed by atoms with Gasteiger partial charge in [0, 0.05) is 27.7 Å². The number of aliphatic hydroxyl groups is 1. The van der Waals surface area contributed by atoms with Crippen LogP contribution in [0.1, 0.15) is 17.3 Å². The Kier molecular flexibility index (Phi) is 7.06. The van der Waals surface area contributed by atoms with Crippen molar-refractivity contribution in [2.45, 2.75) is 13.0 Å². The van der Waals surface area contributed by atoms with Gasteiger partial charge < -0.3 is 24.3 Å². The average molecular weight is 577 g/mol. The van der Waals surface area contributed by atoms with Crippen LogP contribution in [0.3, 0.4) is 0 Å². The van der Waals surface area contributed by atoms with Crippen molar-refractivity contribution in [3.63, 3.8) is 0 Å². The fourth-order valence-corrected chi connectivity index (χ4v) is 4.41. The Hall–Kier alpha value is -2.82. The van der Waals surface area contributed by atoms with Gasteiger partial charge in [0.25, 0.3) is 5.56 Å². The molecule has 7 nitrogen and oxygen atoms in total. The van der Waals surface area contributed by atoms with Crippen LogP contribution in [0.4, 0.5) is 11.4 Å². The second-order valence-corrected chi connectivity index (χ2v) is 9.15. The summed E-state index contributed by atoms with van der Waals surface area (Å²) < 4.78 is 9.90. The molecule has 9 heteroatoms. The Balaban J connectivity index is 1.71. The summed E-state index contributed by atoms with van der Waals surface area (Å²) in [6, 6.07) is 14.2. The van der Waals surface area contributed by atoms with Gasteiger partial charge in [-0.15, -0.1) is 0 Å². The van der Waals surface area contributed by atoms with Crippen LogP contribution in [0.15, 0.2) is 72.0 Å². The third kappa shape index (κ3) is 5.07. The van der Waals surface area contributed by atoms with Gasteiger partial charge in [0.1, 0.15) is 11.4 Å². The summed E-state index contributed by atoms with van der Waals surface area (Å²) >= 11 is 8.56. The Morgan fingerprint density at radius 1 is 1.21 bits per heavy atom. The van der Waals surface area contributed by atoms with Crippen LogP contribution >= 0.6 is 34.2 Å². The maximum absolute atomic E-state index is 13.3. The van der Waals surface area contributed by atoms with E-state index in [0.717, 1.165) is 20.5 Å². The van der Waals surface area contributed by atoms with Crippen molar-refractivity contribution >= 4 is 45.6 Å². The number of benzene rings is 2. The van der Waals surface area contributed by atoms with Crippen LogP contribution in [0.5, 0.6) is 5.75 Å². The SMILES string of the molecule is COc1cc(Nc2cc(Cl)cn([C@@H](CO)c3cccc(I)c3)c2=O)ccc1-n1cnc(C)c1. The Labute approximate surface area is 209 Å². The molecule has 0 bridgehead atoms. The fourth-order valence-electron chi connectivity index (χ4n) is 3.63. The fraction of sp³-hybridized carbons (Fsp3) is 0.167. The van der Waals surface area contributed by atoms with E-state index in [-0.39, 0.29) is 12.2 Å². The van der Waals surface area contributed by atoms with Gasteiger partial charge in [0.15, 0.2) is 0 Å². The quantitative estimate of drug-likeness (QED) is 0.305. The second-order valence-electron chi connectivity index (χ2n) is 7.47. The van der Waals surface area contributed by atoms with Crippen molar-refractivity contribution in [1.29, 1.82) is 0 Å². The van der Waals surface area contributed by atoms with Gasteiger partial charge in [0.2, 0.25) is 0 Å². The van der Waals surface area contributed by atoms with E-state index in [2.05, 4.69) is 32.9 Å². The van der Waals surface area contributed by atoms with E-state index in [1.807, 2.05) is 54.1 Å². The minimum absolute atomic E-state index is 0.243. The Morgan fingerprint density at radius 3 is 2.70 bits per heavy atom. The van der Waals surface area contributed by atoms with E-state index in [9.17, 15) is 9.90 Å². The highest BCUT2D eigenvalue weighted by atomic mass is 127. The lowest BCUT2D eigenvalue weighted by Gasteiger charge is -2.20. The third-order valence-corrected chi connectivity index (χ3v) is 6.08. The zero-order valence-electron chi connectivity index (χ0n) is 18.0. The molecule has 4 aromatic rings. The highest BCUT2D eigenvalue weighted by Crippen LogP contribution is 2.29. The average Bonchev–Trinajstić information content (AvgIpc) is 3.23. The van der Waals surface area contributed by atoms with Gasteiger partial charge in [-0.25, -0.2) is 4.98 Å². The van der Waals surface area contributed by atoms with Crippen LogP contribution in [-0.4, -0.2) is 32.9 Å². The summed E-state index contributed by atoms with van der Waals surface area (Å²) in [7, 11) is 1.59. The van der Waals surface area contributed by atoms with E-state index in [0.29, 0.717) is 22.1 Å². The van der Waals surface area contributed by atoms with E-state index in [1.54, 1.807) is 31.8 Å². The lowest BCUT2D eigenvalue weighted by Crippen LogP contribution is -2.29. The number of hydrogen-bond acceptors (Lipinski definition) is 5. The molecule has 0 amide bonds. The lowest BCUT2D eigenvalue weighted by atomic mass is 10.1. The molecule has 0 aliphatic rings. The summed E-state index contributed by atoms with van der Waals surface area (Å²) in [6.07, 6.45) is 5.16. The van der Waals surface area contributed by atoms with Crippen LogP contribution in [0, 0.1) is 10.5 Å². The molecule has 2 N–H and O–H groups in total. The topological polar surface area (TPSA) is 81.3 Å². The normalized spacial score (nSPS) is 11.9. The van der Waals surface area contributed by atoms with Gasteiger partial charge in [-0.05, 0) is 65.4 Å². The number of rotatable bonds is 7. The number of aliphatic hydroxyl groups excluding tert-OH is 1. The predicted molar refractivity (Wildman–Crippen MR) is 138 cm³/mol. The molecule has 170 valence electrons. The van der Waals surface area contributed by atoms with Crippen molar-refractivity contribution in [3.05, 3.63) is 97.5 Å². The number of aromatic nitrogens is 3. The molecule has 0 spiro atoms. The number of aryl methyl sites for hydroxylation is 1. The molecule has 4 rings (SSSR count). The number of halogens is 2. The van der Waals surface area contributed by atoms with E-state index in [4.69, 9.17) is 16.3 Å². The monoisotopic (exact) mass is 576 g/mol. The van der Waals surface area contributed by atoms with Crippen LogP contribution in [0.2, 0.25) is 5.02 Å². The zero-order valence-corrected chi connectivity index (χ0v) is 20.9. The first-order valence-electron chi connectivity index (χ1n) is 10.1. The molecule has 0 aliphatic heterocycles. The molecule has 0 saturated heterocycles. The summed E-state index contributed by atoms with van der Waals surface area (Å²) in [6.45, 7) is 1.67. The number of methoxy groups -OCH3 is 1. The minimum atomic E-state index is -0.562. The first kappa shape index (κ1) is 23.3. The number of imidazole rings is 1. The number of anilines is 2. The molecule has 1 atom stereocenters. The van der Waals surface area contributed by atoms with Crippen molar-refractivity contribution in [1.82, 2.24) is 14.1 Å². The minimum Gasteiger partial charge on any atom is -0.494 e. The number of ether oxygens (including phenoxy) is 1. The first-order chi connectivity index (χ1) is 15.9. The van der Waals surface area contributed by atoms with Gasteiger partial charge in [0.05, 0.1) is 42.5 Å². The van der Waals surface area contributed by atoms with Gasteiger partial charge in [-0.1, -0.05) is 23.7 Å². The number of pyridine rings is 1. The van der Waals surface area contributed by atoms with E-state index >= 15 is 0 Å². The molecule has 2 heterocycles. The molecule has 2 aromatic heterocycles.